The summed E-state index contributed by atoms with van der Waals surface area (Å²) in [6.45, 7) is 1.45. The van der Waals surface area contributed by atoms with Crippen molar-refractivity contribution in [1.82, 2.24) is 19.7 Å². The third-order valence-corrected chi connectivity index (χ3v) is 8.40. The van der Waals surface area contributed by atoms with E-state index in [1.165, 1.54) is 56.5 Å². The van der Waals surface area contributed by atoms with Crippen molar-refractivity contribution in [2.45, 2.75) is 18.4 Å². The lowest BCUT2D eigenvalue weighted by atomic mass is 10.1. The van der Waals surface area contributed by atoms with Gasteiger partial charge in [0, 0.05) is 24.7 Å². The van der Waals surface area contributed by atoms with Crippen molar-refractivity contribution in [3.8, 4) is 22.9 Å². The number of pyridine rings is 2. The molecule has 0 amide bonds. The van der Waals surface area contributed by atoms with Crippen LogP contribution in [0.5, 0.6) is 17.2 Å². The summed E-state index contributed by atoms with van der Waals surface area (Å²) in [6.07, 6.45) is 4.22. The number of fused-ring (bicyclic) bond motifs is 1. The molecule has 0 saturated heterocycles. The number of aromatic nitrogens is 4. The highest BCUT2D eigenvalue weighted by atomic mass is 32.2. The molecule has 0 aliphatic rings. The van der Waals surface area contributed by atoms with E-state index in [1.807, 2.05) is 0 Å². The van der Waals surface area contributed by atoms with E-state index in [0.29, 0.717) is 34.2 Å². The van der Waals surface area contributed by atoms with E-state index in [2.05, 4.69) is 21.0 Å². The Balaban J connectivity index is 0.00000216. The van der Waals surface area contributed by atoms with Gasteiger partial charge in [-0.1, -0.05) is 6.07 Å². The van der Waals surface area contributed by atoms with Crippen molar-refractivity contribution >= 4 is 32.7 Å². The topological polar surface area (TPSA) is 192 Å². The maximum absolute atomic E-state index is 14.3. The van der Waals surface area contributed by atoms with E-state index in [-0.39, 0.29) is 33.7 Å². The number of carboxylic acid groups (broad SMARTS) is 1. The number of methoxy groups -OCH3 is 3. The van der Waals surface area contributed by atoms with Gasteiger partial charge in [-0.2, -0.15) is 5.10 Å². The highest BCUT2D eigenvalue weighted by Gasteiger charge is 2.33. The summed E-state index contributed by atoms with van der Waals surface area (Å²) >= 11 is 0. The molecule has 0 fully saturated rings. The summed E-state index contributed by atoms with van der Waals surface area (Å²) in [5.41, 5.74) is 1.23. The third-order valence-electron chi connectivity index (χ3n) is 6.64. The number of nitrogens with zero attached hydrogens (tertiary/aromatic N) is 5. The first-order valence-corrected chi connectivity index (χ1v) is 14.3. The molecule has 4 N–H and O–H groups in total. The summed E-state index contributed by atoms with van der Waals surface area (Å²) in [5, 5.41) is 21.6. The van der Waals surface area contributed by atoms with Crippen molar-refractivity contribution in [2.75, 3.05) is 25.6 Å². The molecule has 5 rings (SSSR count). The predicted octanol–water partition coefficient (Wildman–Crippen LogP) is 3.58. The Hall–Kier alpha value is -5.25. The first-order chi connectivity index (χ1) is 21.2. The minimum atomic E-state index is -4.34. The van der Waals surface area contributed by atoms with Crippen LogP contribution in [0.2, 0.25) is 0 Å². The normalized spacial score (nSPS) is 11.0. The zero-order chi connectivity index (χ0) is 32.0. The molecule has 3 aromatic heterocycles. The number of anilines is 1. The Morgan fingerprint density at radius 1 is 0.977 bits per heavy atom. The minimum absolute atomic E-state index is 0.0599. The quantitative estimate of drug-likeness (QED) is 0.192. The predicted molar refractivity (Wildman–Crippen MR) is 160 cm³/mol. The molecule has 0 bridgehead atoms. The van der Waals surface area contributed by atoms with Crippen LogP contribution in [-0.2, 0) is 16.6 Å². The zero-order valence-corrected chi connectivity index (χ0v) is 25.0. The number of rotatable bonds is 10. The smallest absolute Gasteiger partial charge is 0.339 e. The molecule has 0 radical (unpaired) electrons. The molecule has 0 atom stereocenters. The summed E-state index contributed by atoms with van der Waals surface area (Å²) in [6, 6.07) is 14.3. The molecule has 5 aromatic rings. The van der Waals surface area contributed by atoms with Gasteiger partial charge < -0.3 is 24.5 Å². The Bertz CT molecular complexity index is 1880. The number of nitrogens with two attached hydrogens (primary N) is 1. The van der Waals surface area contributed by atoms with Crippen LogP contribution in [0.4, 0.5) is 5.69 Å². The third kappa shape index (κ3) is 5.96. The molecule has 0 aliphatic heterocycles. The van der Waals surface area contributed by atoms with Gasteiger partial charge in [-0.05, 0) is 55.0 Å². The van der Waals surface area contributed by atoms with Crippen LogP contribution in [0, 0.1) is 6.92 Å². The molecular formula is C29H30N6O8S. The molecule has 3 heterocycles. The van der Waals surface area contributed by atoms with E-state index < -0.39 is 16.0 Å². The summed E-state index contributed by atoms with van der Waals surface area (Å²) < 4.78 is 47.2. The molecule has 230 valence electrons. The van der Waals surface area contributed by atoms with Crippen LogP contribution >= 0.6 is 0 Å². The summed E-state index contributed by atoms with van der Waals surface area (Å²) in [7, 11) is 0.164. The van der Waals surface area contributed by atoms with Gasteiger partial charge in [0.15, 0.2) is 5.65 Å². The second-order valence-electron chi connectivity index (χ2n) is 9.11. The van der Waals surface area contributed by atoms with Crippen molar-refractivity contribution in [1.29, 1.82) is 0 Å². The first-order valence-electron chi connectivity index (χ1n) is 12.8. The molecule has 14 nitrogen and oxygen atoms in total. The fraction of sp³-hybridized carbons (Fsp3) is 0.172. The fourth-order valence-electron chi connectivity index (χ4n) is 4.59. The SMILES string of the molecule is COc1ccc(S(=O)(=O)N(Cc2cccnc2)c2c(C(=O)O)cnc3c2c(C)nn3-c2ccc(OC)cc2OC)cc1.NO. The maximum atomic E-state index is 14.3. The monoisotopic (exact) mass is 622 g/mol. The van der Waals surface area contributed by atoms with Gasteiger partial charge in [0.05, 0.1) is 49.5 Å². The Morgan fingerprint density at radius 2 is 1.66 bits per heavy atom. The number of hydrogen-bond acceptors (Lipinski definition) is 11. The molecule has 0 spiro atoms. The maximum Gasteiger partial charge on any atom is 0.339 e. The lowest BCUT2D eigenvalue weighted by Crippen LogP contribution is -2.32. The van der Waals surface area contributed by atoms with E-state index >= 15 is 0 Å². The van der Waals surface area contributed by atoms with Crippen LogP contribution in [0.1, 0.15) is 21.6 Å². The summed E-state index contributed by atoms with van der Waals surface area (Å²) in [4.78, 5) is 21.1. The first kappa shape index (κ1) is 31.7. The zero-order valence-electron chi connectivity index (χ0n) is 24.2. The van der Waals surface area contributed by atoms with E-state index in [4.69, 9.17) is 19.4 Å². The van der Waals surface area contributed by atoms with Crippen LogP contribution < -0.4 is 24.4 Å². The second-order valence-corrected chi connectivity index (χ2v) is 11.0. The average molecular weight is 623 g/mol. The van der Waals surface area contributed by atoms with Crippen molar-refractivity contribution in [3.05, 3.63) is 90.0 Å². The minimum Gasteiger partial charge on any atom is -0.497 e. The van der Waals surface area contributed by atoms with Gasteiger partial charge in [-0.15, -0.1) is 0 Å². The van der Waals surface area contributed by atoms with Gasteiger partial charge in [-0.3, -0.25) is 9.29 Å². The summed E-state index contributed by atoms with van der Waals surface area (Å²) in [5.74, 6) is 3.59. The van der Waals surface area contributed by atoms with Crippen LogP contribution in [-0.4, -0.2) is 65.8 Å². The number of aryl methyl sites for hydroxylation is 1. The number of aromatic carboxylic acids is 1. The molecule has 44 heavy (non-hydrogen) atoms. The Kier molecular flexibility index (Phi) is 9.63. The molecule has 0 unspecified atom stereocenters. The molecule has 0 saturated carbocycles. The number of sulfonamides is 1. The van der Waals surface area contributed by atoms with Crippen molar-refractivity contribution in [2.24, 2.45) is 5.90 Å². The van der Waals surface area contributed by atoms with E-state index in [0.717, 1.165) is 10.5 Å². The number of ether oxygens (including phenoxy) is 3. The van der Waals surface area contributed by atoms with Gasteiger partial charge in [0.2, 0.25) is 0 Å². The van der Waals surface area contributed by atoms with Crippen LogP contribution in [0.15, 0.2) is 78.1 Å². The average Bonchev–Trinajstić information content (AvgIpc) is 3.40. The van der Waals surface area contributed by atoms with Crippen molar-refractivity contribution < 1.29 is 37.7 Å². The van der Waals surface area contributed by atoms with Gasteiger partial charge in [-0.25, -0.2) is 28.8 Å². The molecule has 2 aromatic carbocycles. The largest absolute Gasteiger partial charge is 0.497 e. The van der Waals surface area contributed by atoms with Gasteiger partial charge in [0.25, 0.3) is 10.0 Å². The molecule has 0 aliphatic carbocycles. The second kappa shape index (κ2) is 13.4. The lowest BCUT2D eigenvalue weighted by Gasteiger charge is -2.26. The highest BCUT2D eigenvalue weighted by Crippen LogP contribution is 2.39. The van der Waals surface area contributed by atoms with Gasteiger partial charge in [0.1, 0.15) is 28.5 Å². The number of carbonyl (C=O) groups is 1. The van der Waals surface area contributed by atoms with Crippen LogP contribution in [0.25, 0.3) is 16.7 Å². The number of carboxylic acids is 1. The molecule has 15 heteroatoms. The Morgan fingerprint density at radius 3 is 2.25 bits per heavy atom. The fourth-order valence-corrected chi connectivity index (χ4v) is 6.08. The highest BCUT2D eigenvalue weighted by molar-refractivity contribution is 7.92. The standard InChI is InChI=1S/C29H27N5O7S.H3NO/c1-18-26-27(33(17-19-6-5-13-30-15-19)42(37,38)22-10-7-20(39-2)8-11-22)23(29(35)36)16-31-28(26)34(32-18)24-12-9-21(40-3)14-25(24)41-4;1-2/h5-16H,17H2,1-4H3,(H,35,36);2H,1H2. The number of benzene rings is 2. The molecular weight excluding hydrogens is 592 g/mol. The van der Waals surface area contributed by atoms with Gasteiger partial charge >= 0.3 is 5.97 Å². The van der Waals surface area contributed by atoms with Crippen LogP contribution in [0.3, 0.4) is 0 Å². The number of hydrogen-bond donors (Lipinski definition) is 3. The lowest BCUT2D eigenvalue weighted by molar-refractivity contribution is 0.0697. The Labute approximate surface area is 252 Å². The van der Waals surface area contributed by atoms with Crippen molar-refractivity contribution in [3.63, 3.8) is 0 Å². The van der Waals surface area contributed by atoms with E-state index in [9.17, 15) is 18.3 Å². The van der Waals surface area contributed by atoms with E-state index in [1.54, 1.807) is 43.5 Å².